The number of furan rings is 1. The summed E-state index contributed by atoms with van der Waals surface area (Å²) in [6, 6.07) is 17.1. The number of nitrogens with one attached hydrogen (secondary N) is 1. The van der Waals surface area contributed by atoms with Crippen molar-refractivity contribution in [3.63, 3.8) is 0 Å². The zero-order valence-corrected chi connectivity index (χ0v) is 16.1. The first-order chi connectivity index (χ1) is 13.6. The smallest absolute Gasteiger partial charge is 0.336 e. The van der Waals surface area contributed by atoms with Gasteiger partial charge in [0.1, 0.15) is 11.5 Å². The van der Waals surface area contributed by atoms with Gasteiger partial charge in [0.2, 0.25) is 0 Å². The second-order valence-electron chi connectivity index (χ2n) is 5.55. The van der Waals surface area contributed by atoms with Crippen LogP contribution in [0.15, 0.2) is 87.0 Å². The molecule has 0 atom stereocenters. The Morgan fingerprint density at radius 2 is 1.89 bits per heavy atom. The molecule has 0 unspecified atom stereocenters. The molecule has 0 saturated carbocycles. The van der Waals surface area contributed by atoms with Crippen molar-refractivity contribution < 1.29 is 18.7 Å². The molecule has 0 aliphatic carbocycles. The number of benzene rings is 2. The number of hydrogen-bond acceptors (Lipinski definition) is 5. The van der Waals surface area contributed by atoms with Crippen molar-refractivity contribution in [1.82, 2.24) is 5.43 Å². The SMILES string of the molecule is O=C(/C=C/c1ccco1)Oc1cccc(/C=N/NC(=O)c2ccc(Br)cc2)c1. The van der Waals surface area contributed by atoms with Crippen LogP contribution in [0.5, 0.6) is 5.75 Å². The third-order valence-electron chi connectivity index (χ3n) is 3.49. The Kier molecular flexibility index (Phi) is 6.54. The number of ether oxygens (including phenoxy) is 1. The van der Waals surface area contributed by atoms with Gasteiger partial charge in [0.05, 0.1) is 12.5 Å². The summed E-state index contributed by atoms with van der Waals surface area (Å²) in [5.74, 6) is 0.0556. The van der Waals surface area contributed by atoms with Crippen molar-refractivity contribution in [2.75, 3.05) is 0 Å². The lowest BCUT2D eigenvalue weighted by Crippen LogP contribution is -2.17. The van der Waals surface area contributed by atoms with Gasteiger partial charge in [0.15, 0.2) is 0 Å². The highest BCUT2D eigenvalue weighted by Gasteiger charge is 2.04. The van der Waals surface area contributed by atoms with E-state index < -0.39 is 5.97 Å². The summed E-state index contributed by atoms with van der Waals surface area (Å²) in [7, 11) is 0. The lowest BCUT2D eigenvalue weighted by molar-refractivity contribution is -0.128. The van der Waals surface area contributed by atoms with Gasteiger partial charge in [-0.2, -0.15) is 5.10 Å². The summed E-state index contributed by atoms with van der Waals surface area (Å²) in [4.78, 5) is 23.9. The normalized spacial score (nSPS) is 11.0. The summed E-state index contributed by atoms with van der Waals surface area (Å²) >= 11 is 3.32. The van der Waals surface area contributed by atoms with Crippen molar-refractivity contribution in [3.8, 4) is 5.75 Å². The maximum atomic E-state index is 12.0. The van der Waals surface area contributed by atoms with Crippen molar-refractivity contribution >= 4 is 40.1 Å². The number of rotatable bonds is 6. The average molecular weight is 439 g/mol. The van der Waals surface area contributed by atoms with Crippen molar-refractivity contribution in [1.29, 1.82) is 0 Å². The topological polar surface area (TPSA) is 80.9 Å². The molecule has 0 fully saturated rings. The molecule has 1 aromatic heterocycles. The number of nitrogens with zero attached hydrogens (tertiary/aromatic N) is 1. The van der Waals surface area contributed by atoms with Crippen LogP contribution >= 0.6 is 15.9 Å². The van der Waals surface area contributed by atoms with Crippen molar-refractivity contribution in [2.45, 2.75) is 0 Å². The second kappa shape index (κ2) is 9.48. The molecule has 0 saturated heterocycles. The number of carbonyl (C=O) groups is 2. The predicted octanol–water partition coefficient (Wildman–Crippen LogP) is 4.42. The van der Waals surface area contributed by atoms with E-state index in [4.69, 9.17) is 9.15 Å². The van der Waals surface area contributed by atoms with Gasteiger partial charge in [-0.1, -0.05) is 28.1 Å². The molecular weight excluding hydrogens is 424 g/mol. The van der Waals surface area contributed by atoms with Gasteiger partial charge in [-0.05, 0) is 60.2 Å². The molecule has 6 nitrogen and oxygen atoms in total. The molecule has 0 radical (unpaired) electrons. The Labute approximate surface area is 169 Å². The molecule has 140 valence electrons. The Hall–Kier alpha value is -3.45. The van der Waals surface area contributed by atoms with Gasteiger partial charge in [0, 0.05) is 16.1 Å². The Morgan fingerprint density at radius 3 is 2.64 bits per heavy atom. The Bertz CT molecular complexity index is 1010. The molecular formula is C21H15BrN2O4. The van der Waals surface area contributed by atoms with E-state index in [9.17, 15) is 9.59 Å². The lowest BCUT2D eigenvalue weighted by Gasteiger charge is -2.02. The second-order valence-corrected chi connectivity index (χ2v) is 6.46. The summed E-state index contributed by atoms with van der Waals surface area (Å²) in [5, 5.41) is 3.93. The Balaban J connectivity index is 1.56. The summed E-state index contributed by atoms with van der Waals surface area (Å²) in [5.41, 5.74) is 3.60. The van der Waals surface area contributed by atoms with Crippen LogP contribution in [0.2, 0.25) is 0 Å². The maximum Gasteiger partial charge on any atom is 0.336 e. The van der Waals surface area contributed by atoms with Gasteiger partial charge >= 0.3 is 5.97 Å². The van der Waals surface area contributed by atoms with Gasteiger partial charge in [-0.3, -0.25) is 4.79 Å². The van der Waals surface area contributed by atoms with Crippen LogP contribution in [0.4, 0.5) is 0 Å². The quantitative estimate of drug-likeness (QED) is 0.203. The average Bonchev–Trinajstić information content (AvgIpc) is 3.21. The fourth-order valence-corrected chi connectivity index (χ4v) is 2.44. The monoisotopic (exact) mass is 438 g/mol. The molecule has 0 spiro atoms. The van der Waals surface area contributed by atoms with Crippen LogP contribution in [0.1, 0.15) is 21.7 Å². The highest BCUT2D eigenvalue weighted by molar-refractivity contribution is 9.10. The van der Waals surface area contributed by atoms with Gasteiger partial charge in [-0.15, -0.1) is 0 Å². The largest absolute Gasteiger partial charge is 0.465 e. The molecule has 1 heterocycles. The zero-order valence-electron chi connectivity index (χ0n) is 14.5. The fraction of sp³-hybridized carbons (Fsp3) is 0. The highest BCUT2D eigenvalue weighted by Crippen LogP contribution is 2.13. The summed E-state index contributed by atoms with van der Waals surface area (Å²) in [6.07, 6.45) is 5.78. The molecule has 1 amide bonds. The van der Waals surface area contributed by atoms with E-state index in [0.717, 1.165) is 4.47 Å². The molecule has 3 aromatic rings. The lowest BCUT2D eigenvalue weighted by atomic mass is 10.2. The zero-order chi connectivity index (χ0) is 19.8. The van der Waals surface area contributed by atoms with Crippen LogP contribution in [-0.2, 0) is 4.79 Å². The molecule has 2 aromatic carbocycles. The maximum absolute atomic E-state index is 12.0. The third-order valence-corrected chi connectivity index (χ3v) is 4.02. The molecule has 0 bridgehead atoms. The van der Waals surface area contributed by atoms with Crippen molar-refractivity contribution in [3.05, 3.63) is 94.4 Å². The van der Waals surface area contributed by atoms with Crippen LogP contribution < -0.4 is 10.2 Å². The third kappa shape index (κ3) is 5.78. The van der Waals surface area contributed by atoms with E-state index in [0.29, 0.717) is 22.6 Å². The Morgan fingerprint density at radius 1 is 1.07 bits per heavy atom. The van der Waals surface area contributed by atoms with E-state index in [1.54, 1.807) is 60.7 Å². The minimum absolute atomic E-state index is 0.325. The predicted molar refractivity (Wildman–Crippen MR) is 109 cm³/mol. The fourth-order valence-electron chi connectivity index (χ4n) is 2.18. The summed E-state index contributed by atoms with van der Waals surface area (Å²) < 4.78 is 11.2. The molecule has 1 N–H and O–H groups in total. The van der Waals surface area contributed by atoms with Gasteiger partial charge in [0.25, 0.3) is 5.91 Å². The molecule has 0 aliphatic heterocycles. The first-order valence-corrected chi connectivity index (χ1v) is 9.02. The molecule has 28 heavy (non-hydrogen) atoms. The minimum Gasteiger partial charge on any atom is -0.465 e. The van der Waals surface area contributed by atoms with E-state index in [1.807, 2.05) is 0 Å². The van der Waals surface area contributed by atoms with Crippen molar-refractivity contribution in [2.24, 2.45) is 5.10 Å². The minimum atomic E-state index is -0.533. The van der Waals surface area contributed by atoms with E-state index in [-0.39, 0.29) is 5.91 Å². The van der Waals surface area contributed by atoms with E-state index >= 15 is 0 Å². The van der Waals surface area contributed by atoms with Crippen LogP contribution in [0.3, 0.4) is 0 Å². The number of halogens is 1. The molecule has 0 aliphatic rings. The van der Waals surface area contributed by atoms with Gasteiger partial charge < -0.3 is 9.15 Å². The number of hydrazone groups is 1. The number of carbonyl (C=O) groups excluding carboxylic acids is 2. The number of esters is 1. The highest BCUT2D eigenvalue weighted by atomic mass is 79.9. The molecule has 3 rings (SSSR count). The van der Waals surface area contributed by atoms with Crippen LogP contribution in [0, 0.1) is 0 Å². The van der Waals surface area contributed by atoms with E-state index in [1.165, 1.54) is 24.6 Å². The number of amides is 1. The number of hydrogen-bond donors (Lipinski definition) is 1. The first kappa shape index (κ1) is 19.3. The van der Waals surface area contributed by atoms with E-state index in [2.05, 4.69) is 26.5 Å². The standard InChI is InChI=1S/C21H15BrN2O4/c22-17-8-6-16(7-9-17)21(26)24-23-14-15-3-1-4-19(13-15)28-20(25)11-10-18-5-2-12-27-18/h1-14H,(H,24,26)/b11-10+,23-14+. The molecule has 7 heteroatoms. The van der Waals surface area contributed by atoms with Gasteiger partial charge in [-0.25, -0.2) is 10.2 Å². The first-order valence-electron chi connectivity index (χ1n) is 8.22. The van der Waals surface area contributed by atoms with Crippen LogP contribution in [-0.4, -0.2) is 18.1 Å². The van der Waals surface area contributed by atoms with Crippen LogP contribution in [0.25, 0.3) is 6.08 Å². The summed E-state index contributed by atoms with van der Waals surface area (Å²) in [6.45, 7) is 0.